The highest BCUT2D eigenvalue weighted by molar-refractivity contribution is 7.22. The molecule has 6 rings (SSSR count). The minimum atomic E-state index is -0.750. The van der Waals surface area contributed by atoms with Gasteiger partial charge in [-0.2, -0.15) is 0 Å². The Morgan fingerprint density at radius 3 is 2.15 bits per heavy atom. The molecule has 40 heavy (non-hydrogen) atoms. The van der Waals surface area contributed by atoms with Gasteiger partial charge in [0.25, 0.3) is 0 Å². The highest BCUT2D eigenvalue weighted by atomic mass is 32.1. The van der Waals surface area contributed by atoms with Crippen molar-refractivity contribution in [2.24, 2.45) is 0 Å². The minimum absolute atomic E-state index is 0.397. The lowest BCUT2D eigenvalue weighted by atomic mass is 9.93. The highest BCUT2D eigenvalue weighted by Gasteiger charge is 2.51. The van der Waals surface area contributed by atoms with Crippen LogP contribution in [0.5, 0.6) is 0 Å². The lowest BCUT2D eigenvalue weighted by Gasteiger charge is -2.15. The summed E-state index contributed by atoms with van der Waals surface area (Å²) in [5, 5.41) is 13.4. The van der Waals surface area contributed by atoms with Crippen LogP contribution in [0, 0.1) is 6.92 Å². The SMILES string of the molecule is Cc1ccc2c(NC(=O)O[C@H](C)c3ccccc3)c(-c3ccc(-c4ccc(C5(C(=O)O)CC5)cc4)cc3)sc2n1. The van der Waals surface area contributed by atoms with E-state index < -0.39 is 23.6 Å². The predicted molar refractivity (Wildman–Crippen MR) is 159 cm³/mol. The third-order valence-corrected chi connectivity index (χ3v) is 8.70. The Morgan fingerprint density at radius 2 is 1.52 bits per heavy atom. The smallest absolute Gasteiger partial charge is 0.412 e. The number of aromatic nitrogens is 1. The molecule has 6 nitrogen and oxygen atoms in total. The van der Waals surface area contributed by atoms with Crippen LogP contribution in [0.2, 0.25) is 0 Å². The zero-order valence-corrected chi connectivity index (χ0v) is 23.0. The molecular weight excluding hydrogens is 520 g/mol. The monoisotopic (exact) mass is 548 g/mol. The lowest BCUT2D eigenvalue weighted by Crippen LogP contribution is -2.19. The molecule has 1 amide bonds. The van der Waals surface area contributed by atoms with E-state index in [1.165, 1.54) is 11.3 Å². The molecule has 0 radical (unpaired) electrons. The molecule has 3 aromatic carbocycles. The number of nitrogens with one attached hydrogen (secondary N) is 1. The number of amides is 1. The molecule has 200 valence electrons. The maximum Gasteiger partial charge on any atom is 0.412 e. The molecule has 2 heterocycles. The number of aliphatic carboxylic acids is 1. The van der Waals surface area contributed by atoms with E-state index in [4.69, 9.17) is 9.72 Å². The topological polar surface area (TPSA) is 88.5 Å². The lowest BCUT2D eigenvalue weighted by molar-refractivity contribution is -0.140. The van der Waals surface area contributed by atoms with Crippen LogP contribution in [0.25, 0.3) is 31.8 Å². The van der Waals surface area contributed by atoms with Crippen molar-refractivity contribution < 1.29 is 19.4 Å². The first-order valence-electron chi connectivity index (χ1n) is 13.2. The van der Waals surface area contributed by atoms with Gasteiger partial charge < -0.3 is 9.84 Å². The van der Waals surface area contributed by atoms with Gasteiger partial charge in [-0.3, -0.25) is 10.1 Å². The number of carbonyl (C=O) groups excluding carboxylic acids is 1. The number of benzene rings is 3. The second kappa shape index (κ2) is 10.2. The van der Waals surface area contributed by atoms with Gasteiger partial charge >= 0.3 is 12.1 Å². The molecule has 0 bridgehead atoms. The van der Waals surface area contributed by atoms with Crippen molar-refractivity contribution in [1.29, 1.82) is 0 Å². The normalized spacial score (nSPS) is 14.4. The first-order valence-corrected chi connectivity index (χ1v) is 14.0. The van der Waals surface area contributed by atoms with Crippen LogP contribution >= 0.6 is 11.3 Å². The number of hydrogen-bond acceptors (Lipinski definition) is 5. The Balaban J connectivity index is 1.27. The van der Waals surface area contributed by atoms with E-state index in [0.717, 1.165) is 48.6 Å². The maximum absolute atomic E-state index is 13.0. The van der Waals surface area contributed by atoms with Gasteiger partial charge in [0.05, 0.1) is 16.0 Å². The first kappa shape index (κ1) is 25.8. The molecule has 1 atom stereocenters. The van der Waals surface area contributed by atoms with E-state index in [2.05, 4.69) is 5.32 Å². The van der Waals surface area contributed by atoms with Crippen LogP contribution in [-0.4, -0.2) is 22.2 Å². The van der Waals surface area contributed by atoms with Gasteiger partial charge in [-0.05, 0) is 66.6 Å². The first-order chi connectivity index (χ1) is 19.3. The van der Waals surface area contributed by atoms with Crippen molar-refractivity contribution in [3.63, 3.8) is 0 Å². The molecule has 1 saturated carbocycles. The van der Waals surface area contributed by atoms with Crippen LogP contribution in [0.3, 0.4) is 0 Å². The van der Waals surface area contributed by atoms with Crippen molar-refractivity contribution in [2.75, 3.05) is 5.32 Å². The van der Waals surface area contributed by atoms with E-state index in [0.29, 0.717) is 18.5 Å². The minimum Gasteiger partial charge on any atom is -0.481 e. The van der Waals surface area contributed by atoms with Crippen LogP contribution in [0.1, 0.15) is 42.7 Å². The maximum atomic E-state index is 13.0. The van der Waals surface area contributed by atoms with Crippen molar-refractivity contribution in [3.8, 4) is 21.6 Å². The number of ether oxygens (including phenoxy) is 1. The zero-order chi connectivity index (χ0) is 27.9. The van der Waals surface area contributed by atoms with Gasteiger partial charge in [0.1, 0.15) is 10.9 Å². The molecular formula is C33H28N2O4S. The summed E-state index contributed by atoms with van der Waals surface area (Å²) in [5.41, 5.74) is 5.65. The Hall–Kier alpha value is -4.49. The zero-order valence-electron chi connectivity index (χ0n) is 22.2. The Labute approximate surface area is 236 Å². The number of carbonyl (C=O) groups is 2. The molecule has 0 spiro atoms. The fraction of sp³-hybridized carbons (Fsp3) is 0.182. The molecule has 7 heteroatoms. The van der Waals surface area contributed by atoms with Crippen molar-refractivity contribution in [1.82, 2.24) is 4.98 Å². The van der Waals surface area contributed by atoms with Gasteiger partial charge in [0.2, 0.25) is 0 Å². The molecule has 0 unspecified atom stereocenters. The van der Waals surface area contributed by atoms with E-state index in [1.807, 2.05) is 105 Å². The second-order valence-electron chi connectivity index (χ2n) is 10.2. The predicted octanol–water partition coefficient (Wildman–Crippen LogP) is 8.36. The standard InChI is InChI=1S/C33H28N2O4S/c1-20-8-17-27-28(35-32(38)39-21(2)22-6-4-3-5-7-22)29(40-30(27)34-20)25-11-9-23(10-12-25)24-13-15-26(16-14-24)33(18-19-33)31(36)37/h3-17,21H,18-19H2,1-2H3,(H,35,38)(H,36,37)/t21-/m1/s1. The second-order valence-corrected chi connectivity index (χ2v) is 11.2. The number of nitrogens with zero attached hydrogens (tertiary/aromatic N) is 1. The van der Waals surface area contributed by atoms with E-state index in [-0.39, 0.29) is 0 Å². The Bertz CT molecular complexity index is 1710. The third-order valence-electron chi connectivity index (χ3n) is 7.55. The molecule has 1 aliphatic carbocycles. The van der Waals surface area contributed by atoms with Crippen molar-refractivity contribution in [2.45, 2.75) is 38.2 Å². The number of carboxylic acid groups (broad SMARTS) is 1. The summed E-state index contributed by atoms with van der Waals surface area (Å²) in [4.78, 5) is 31.1. The summed E-state index contributed by atoms with van der Waals surface area (Å²) in [6.45, 7) is 3.80. The van der Waals surface area contributed by atoms with Crippen molar-refractivity contribution in [3.05, 3.63) is 108 Å². The number of fused-ring (bicyclic) bond motifs is 1. The van der Waals surface area contributed by atoms with Gasteiger partial charge in [0, 0.05) is 11.1 Å². The molecule has 2 N–H and O–H groups in total. The number of rotatable bonds is 7. The van der Waals surface area contributed by atoms with Gasteiger partial charge in [-0.25, -0.2) is 9.78 Å². The quantitative estimate of drug-likeness (QED) is 0.213. The number of carboxylic acids is 1. The number of aryl methyl sites for hydroxylation is 1. The van der Waals surface area contributed by atoms with E-state index in [9.17, 15) is 14.7 Å². The van der Waals surface area contributed by atoms with E-state index in [1.54, 1.807) is 0 Å². The summed E-state index contributed by atoms with van der Waals surface area (Å²) in [6.07, 6.45) is 0.458. The van der Waals surface area contributed by atoms with Crippen LogP contribution in [0.15, 0.2) is 91.0 Å². The summed E-state index contributed by atoms with van der Waals surface area (Å²) < 4.78 is 5.70. The summed E-state index contributed by atoms with van der Waals surface area (Å²) >= 11 is 1.53. The summed E-state index contributed by atoms with van der Waals surface area (Å²) in [5.74, 6) is -0.750. The average Bonchev–Trinajstić information content (AvgIpc) is 3.72. The number of pyridine rings is 1. The van der Waals surface area contributed by atoms with Gasteiger partial charge in [-0.15, -0.1) is 11.3 Å². The molecule has 0 saturated heterocycles. The third kappa shape index (κ3) is 4.84. The number of hydrogen-bond donors (Lipinski definition) is 2. The molecule has 1 aliphatic rings. The Kier molecular flexibility index (Phi) is 6.60. The van der Waals surface area contributed by atoms with Crippen molar-refractivity contribution >= 4 is 39.3 Å². The average molecular weight is 549 g/mol. The molecule has 5 aromatic rings. The summed E-state index contributed by atoms with van der Waals surface area (Å²) in [6, 6.07) is 29.5. The molecule has 2 aromatic heterocycles. The Morgan fingerprint density at radius 1 is 0.900 bits per heavy atom. The van der Waals surface area contributed by atoms with E-state index >= 15 is 0 Å². The largest absolute Gasteiger partial charge is 0.481 e. The molecule has 1 fully saturated rings. The van der Waals surface area contributed by atoms with Crippen LogP contribution in [-0.2, 0) is 14.9 Å². The van der Waals surface area contributed by atoms with Gasteiger partial charge in [0.15, 0.2) is 0 Å². The van der Waals surface area contributed by atoms with Crippen LogP contribution in [0.4, 0.5) is 10.5 Å². The molecule has 0 aliphatic heterocycles. The van der Waals surface area contributed by atoms with Crippen LogP contribution < -0.4 is 5.32 Å². The number of anilines is 1. The van der Waals surface area contributed by atoms with Gasteiger partial charge in [-0.1, -0.05) is 78.9 Å². The highest BCUT2D eigenvalue weighted by Crippen LogP contribution is 2.49. The fourth-order valence-electron chi connectivity index (χ4n) is 5.03. The summed E-state index contributed by atoms with van der Waals surface area (Å²) in [7, 11) is 0. The number of thiophene rings is 1. The fourth-order valence-corrected chi connectivity index (χ4v) is 6.21.